The van der Waals surface area contributed by atoms with Gasteiger partial charge in [-0.1, -0.05) is 56.0 Å². The summed E-state index contributed by atoms with van der Waals surface area (Å²) in [6.45, 7) is 2.83. The van der Waals surface area contributed by atoms with Gasteiger partial charge < -0.3 is 14.8 Å². The van der Waals surface area contributed by atoms with Crippen LogP contribution < -0.4 is 5.32 Å². The lowest BCUT2D eigenvalue weighted by Gasteiger charge is -2.44. The van der Waals surface area contributed by atoms with E-state index in [1.807, 2.05) is 59.3 Å². The second-order valence-corrected chi connectivity index (χ2v) is 10.0. The Balaban J connectivity index is 1.51. The molecule has 0 radical (unpaired) electrons. The SMILES string of the molecule is C[C@]1(C(=O)NC2CCCCCC2)Cn2c(cc3sccc32)C(=O)N1Cc1ccccc1. The molecule has 1 N–H and O–H groups in total. The van der Waals surface area contributed by atoms with Crippen LogP contribution in [0.4, 0.5) is 0 Å². The Morgan fingerprint density at radius 2 is 1.87 bits per heavy atom. The topological polar surface area (TPSA) is 54.3 Å². The molecule has 0 unspecified atom stereocenters. The summed E-state index contributed by atoms with van der Waals surface area (Å²) >= 11 is 1.64. The lowest BCUT2D eigenvalue weighted by atomic mass is 9.93. The van der Waals surface area contributed by atoms with E-state index in [-0.39, 0.29) is 17.9 Å². The molecule has 1 saturated carbocycles. The maximum Gasteiger partial charge on any atom is 0.271 e. The first-order valence-corrected chi connectivity index (χ1v) is 12.2. The molecule has 2 aromatic heterocycles. The number of carbonyl (C=O) groups excluding carboxylic acids is 2. The number of rotatable bonds is 4. The number of carbonyl (C=O) groups is 2. The molecule has 1 atom stereocenters. The minimum Gasteiger partial charge on any atom is -0.351 e. The average Bonchev–Trinajstić information content (AvgIpc) is 3.26. The van der Waals surface area contributed by atoms with Gasteiger partial charge in [0, 0.05) is 12.6 Å². The highest BCUT2D eigenvalue weighted by molar-refractivity contribution is 7.17. The van der Waals surface area contributed by atoms with Gasteiger partial charge in [0.05, 0.1) is 16.8 Å². The quantitative estimate of drug-likeness (QED) is 0.589. The van der Waals surface area contributed by atoms with Gasteiger partial charge in [0.1, 0.15) is 11.2 Å². The second-order valence-electron chi connectivity index (χ2n) is 9.10. The molecule has 1 fully saturated rings. The number of fused-ring (bicyclic) bond motifs is 3. The minimum atomic E-state index is -0.944. The van der Waals surface area contributed by atoms with Crippen molar-refractivity contribution in [3.8, 4) is 0 Å². The molecule has 2 amide bonds. The summed E-state index contributed by atoms with van der Waals surface area (Å²) < 4.78 is 3.14. The van der Waals surface area contributed by atoms with E-state index < -0.39 is 5.54 Å². The van der Waals surface area contributed by atoms with Crippen molar-refractivity contribution in [2.24, 2.45) is 0 Å². The van der Waals surface area contributed by atoms with E-state index in [1.54, 1.807) is 16.2 Å². The maximum absolute atomic E-state index is 13.7. The molecule has 162 valence electrons. The van der Waals surface area contributed by atoms with Crippen LogP contribution in [-0.4, -0.2) is 32.9 Å². The molecule has 31 heavy (non-hydrogen) atoms. The van der Waals surface area contributed by atoms with Crippen molar-refractivity contribution in [1.82, 2.24) is 14.8 Å². The number of nitrogens with zero attached hydrogens (tertiary/aromatic N) is 2. The lowest BCUT2D eigenvalue weighted by molar-refractivity contribution is -0.134. The van der Waals surface area contributed by atoms with E-state index in [2.05, 4.69) is 5.32 Å². The zero-order valence-corrected chi connectivity index (χ0v) is 18.8. The molecule has 0 saturated heterocycles. The third-order valence-corrected chi connectivity index (χ3v) is 7.76. The highest BCUT2D eigenvalue weighted by Gasteiger charge is 2.48. The third kappa shape index (κ3) is 3.67. The van der Waals surface area contributed by atoms with Gasteiger partial charge in [-0.2, -0.15) is 0 Å². The van der Waals surface area contributed by atoms with Crippen molar-refractivity contribution in [1.29, 1.82) is 0 Å². The number of nitrogens with one attached hydrogen (secondary N) is 1. The number of amides is 2. The fourth-order valence-electron chi connectivity index (χ4n) is 5.05. The summed E-state index contributed by atoms with van der Waals surface area (Å²) in [5.41, 5.74) is 1.81. The number of thiophene rings is 1. The highest BCUT2D eigenvalue weighted by atomic mass is 32.1. The normalized spacial score (nSPS) is 22.4. The molecule has 3 aromatic rings. The van der Waals surface area contributed by atoms with Crippen LogP contribution in [0.1, 0.15) is 61.5 Å². The summed E-state index contributed by atoms with van der Waals surface area (Å²) in [5, 5.41) is 5.37. The molecule has 1 aliphatic heterocycles. The Morgan fingerprint density at radius 1 is 1.13 bits per heavy atom. The number of aromatic nitrogens is 1. The van der Waals surface area contributed by atoms with Crippen LogP contribution in [0.3, 0.4) is 0 Å². The van der Waals surface area contributed by atoms with Crippen LogP contribution in [0, 0.1) is 0 Å². The molecule has 0 bridgehead atoms. The standard InChI is InChI=1S/C25H29N3O2S/c1-25(24(30)26-19-11-7-2-3-8-12-19)17-27-20-13-14-31-22(20)15-21(27)23(29)28(25)16-18-9-5-4-6-10-18/h4-6,9-10,13-15,19H,2-3,7-8,11-12,16-17H2,1H3,(H,26,30)/t25-/m1/s1. The third-order valence-electron chi connectivity index (χ3n) is 6.91. The van der Waals surface area contributed by atoms with Gasteiger partial charge in [0.15, 0.2) is 0 Å². The first-order valence-electron chi connectivity index (χ1n) is 11.3. The van der Waals surface area contributed by atoms with Crippen molar-refractivity contribution >= 4 is 33.4 Å². The van der Waals surface area contributed by atoms with Crippen molar-refractivity contribution in [2.45, 2.75) is 70.1 Å². The molecule has 3 heterocycles. The minimum absolute atomic E-state index is 0.0357. The number of hydrogen-bond acceptors (Lipinski definition) is 3. The van der Waals surface area contributed by atoms with Gasteiger partial charge in [0.25, 0.3) is 5.91 Å². The number of hydrogen-bond donors (Lipinski definition) is 1. The largest absolute Gasteiger partial charge is 0.351 e. The Morgan fingerprint density at radius 3 is 2.61 bits per heavy atom. The van der Waals surface area contributed by atoms with Crippen LogP contribution in [0.2, 0.25) is 0 Å². The Labute approximate surface area is 187 Å². The van der Waals surface area contributed by atoms with Crippen LogP contribution in [0.15, 0.2) is 47.8 Å². The molecule has 5 nitrogen and oxygen atoms in total. The fraction of sp³-hybridized carbons (Fsp3) is 0.440. The summed E-state index contributed by atoms with van der Waals surface area (Å²) in [6, 6.07) is 14.2. The number of benzene rings is 1. The monoisotopic (exact) mass is 435 g/mol. The Hall–Kier alpha value is -2.60. The summed E-state index contributed by atoms with van der Waals surface area (Å²) in [5.74, 6) is -0.108. The first-order chi connectivity index (χ1) is 15.1. The second kappa shape index (κ2) is 8.15. The predicted octanol–water partition coefficient (Wildman–Crippen LogP) is 4.96. The van der Waals surface area contributed by atoms with Crippen LogP contribution in [0.5, 0.6) is 0 Å². The van der Waals surface area contributed by atoms with Crippen LogP contribution in [-0.2, 0) is 17.9 Å². The van der Waals surface area contributed by atoms with E-state index in [9.17, 15) is 9.59 Å². The average molecular weight is 436 g/mol. The van der Waals surface area contributed by atoms with E-state index >= 15 is 0 Å². The zero-order valence-electron chi connectivity index (χ0n) is 18.0. The van der Waals surface area contributed by atoms with Crippen molar-refractivity contribution in [3.05, 3.63) is 59.1 Å². The van der Waals surface area contributed by atoms with E-state index in [1.165, 1.54) is 12.8 Å². The fourth-order valence-corrected chi connectivity index (χ4v) is 5.87. The maximum atomic E-state index is 13.7. The highest BCUT2D eigenvalue weighted by Crippen LogP contribution is 2.35. The molecule has 1 aliphatic carbocycles. The molecule has 1 aromatic carbocycles. The van der Waals surface area contributed by atoms with Gasteiger partial charge in [-0.05, 0) is 42.8 Å². The molecular weight excluding hydrogens is 406 g/mol. The molecule has 0 spiro atoms. The van der Waals surface area contributed by atoms with E-state index in [0.717, 1.165) is 41.5 Å². The van der Waals surface area contributed by atoms with E-state index in [0.29, 0.717) is 18.8 Å². The molecule has 5 rings (SSSR count). The van der Waals surface area contributed by atoms with Crippen LogP contribution in [0.25, 0.3) is 10.2 Å². The molecular formula is C25H29N3O2S. The van der Waals surface area contributed by atoms with Crippen molar-refractivity contribution in [2.75, 3.05) is 0 Å². The van der Waals surface area contributed by atoms with Crippen molar-refractivity contribution in [3.63, 3.8) is 0 Å². The van der Waals surface area contributed by atoms with Gasteiger partial charge in [-0.25, -0.2) is 0 Å². The van der Waals surface area contributed by atoms with E-state index in [4.69, 9.17) is 0 Å². The first kappa shape index (κ1) is 20.3. The van der Waals surface area contributed by atoms with Gasteiger partial charge in [-0.3, -0.25) is 9.59 Å². The lowest BCUT2D eigenvalue weighted by Crippen LogP contribution is -2.64. The Bertz CT molecular complexity index is 1090. The Kier molecular flexibility index (Phi) is 5.34. The smallest absolute Gasteiger partial charge is 0.271 e. The zero-order chi connectivity index (χ0) is 21.4. The summed E-state index contributed by atoms with van der Waals surface area (Å²) in [7, 11) is 0. The molecule has 2 aliphatic rings. The van der Waals surface area contributed by atoms with Crippen LogP contribution >= 0.6 is 11.3 Å². The van der Waals surface area contributed by atoms with Gasteiger partial charge in [-0.15, -0.1) is 11.3 Å². The predicted molar refractivity (Wildman–Crippen MR) is 124 cm³/mol. The summed E-state index contributed by atoms with van der Waals surface area (Å²) in [4.78, 5) is 29.2. The molecule has 6 heteroatoms. The summed E-state index contributed by atoms with van der Waals surface area (Å²) in [6.07, 6.45) is 6.85. The van der Waals surface area contributed by atoms with Crippen molar-refractivity contribution < 1.29 is 9.59 Å². The van der Waals surface area contributed by atoms with Gasteiger partial charge >= 0.3 is 0 Å². The van der Waals surface area contributed by atoms with Gasteiger partial charge in [0.2, 0.25) is 5.91 Å².